The van der Waals surface area contributed by atoms with E-state index in [0.29, 0.717) is 12.2 Å². The average Bonchev–Trinajstić information content (AvgIpc) is 3.22. The summed E-state index contributed by atoms with van der Waals surface area (Å²) in [6.07, 6.45) is 3.37. The molecule has 8 heteroatoms. The number of amides is 1. The molecule has 2 aromatic carbocycles. The quantitative estimate of drug-likeness (QED) is 0.317. The molecule has 3 aromatic rings. The maximum absolute atomic E-state index is 13.3. The van der Waals surface area contributed by atoms with Gasteiger partial charge in [0, 0.05) is 30.9 Å². The highest BCUT2D eigenvalue weighted by Gasteiger charge is 2.21. The Morgan fingerprint density at radius 2 is 1.93 bits per heavy atom. The van der Waals surface area contributed by atoms with Crippen molar-refractivity contribution in [3.8, 4) is 11.3 Å². The van der Waals surface area contributed by atoms with E-state index in [4.69, 9.17) is 0 Å². The zero-order valence-electron chi connectivity index (χ0n) is 16.7. The van der Waals surface area contributed by atoms with Gasteiger partial charge >= 0.3 is 0 Å². The zero-order valence-corrected chi connectivity index (χ0v) is 16.7. The van der Waals surface area contributed by atoms with E-state index in [0.717, 1.165) is 36.9 Å². The summed E-state index contributed by atoms with van der Waals surface area (Å²) < 4.78 is 13.3. The molecule has 0 unspecified atom stereocenters. The van der Waals surface area contributed by atoms with E-state index in [1.54, 1.807) is 25.2 Å². The van der Waals surface area contributed by atoms with Gasteiger partial charge in [-0.2, -0.15) is 5.10 Å². The minimum atomic E-state index is -0.538. The topological polar surface area (TPSA) is 92.1 Å². The third-order valence-corrected chi connectivity index (χ3v) is 4.87. The molecule has 30 heavy (non-hydrogen) atoms. The smallest absolute Gasteiger partial charge is 0.282 e. The lowest BCUT2D eigenvalue weighted by Crippen LogP contribution is -2.28. The third kappa shape index (κ3) is 5.28. The summed E-state index contributed by atoms with van der Waals surface area (Å²) in [5.41, 5.74) is 2.33. The largest absolute Gasteiger partial charge is 0.341 e. The number of H-pyrrole nitrogens is 1. The number of nitrogens with zero attached hydrogens (tertiary/aromatic N) is 3. The molecule has 0 aliphatic carbocycles. The molecule has 0 saturated carbocycles. The van der Waals surface area contributed by atoms with E-state index in [-0.39, 0.29) is 23.0 Å². The number of aryl methyl sites for hydroxylation is 1. The van der Waals surface area contributed by atoms with Gasteiger partial charge in [-0.1, -0.05) is 30.7 Å². The molecule has 0 spiro atoms. The fraction of sp³-hybridized carbons (Fsp3) is 0.273. The highest BCUT2D eigenvalue weighted by molar-refractivity contribution is 5.97. The van der Waals surface area contributed by atoms with Gasteiger partial charge in [-0.05, 0) is 43.5 Å². The van der Waals surface area contributed by atoms with Crippen LogP contribution in [0.3, 0.4) is 0 Å². The molecule has 0 bridgehead atoms. The number of nitro groups is 1. The Bertz CT molecular complexity index is 1030. The Morgan fingerprint density at radius 1 is 1.13 bits per heavy atom. The lowest BCUT2D eigenvalue weighted by molar-refractivity contribution is -0.385. The van der Waals surface area contributed by atoms with Gasteiger partial charge in [0.25, 0.3) is 11.6 Å². The van der Waals surface area contributed by atoms with Crippen LogP contribution in [-0.4, -0.2) is 39.5 Å². The van der Waals surface area contributed by atoms with Crippen molar-refractivity contribution in [1.82, 2.24) is 15.1 Å². The number of hydrogen-bond donors (Lipinski definition) is 1. The molecule has 0 radical (unpaired) electrons. The van der Waals surface area contributed by atoms with E-state index >= 15 is 0 Å². The molecule has 1 N–H and O–H groups in total. The van der Waals surface area contributed by atoms with Gasteiger partial charge in [-0.25, -0.2) is 4.39 Å². The van der Waals surface area contributed by atoms with E-state index < -0.39 is 4.92 Å². The number of unbranched alkanes of at least 4 members (excludes halogenated alkanes) is 2. The lowest BCUT2D eigenvalue weighted by atomic mass is 10.1. The Morgan fingerprint density at radius 3 is 2.70 bits per heavy atom. The summed E-state index contributed by atoms with van der Waals surface area (Å²) in [6.45, 7) is 0.516. The number of benzene rings is 2. The van der Waals surface area contributed by atoms with Gasteiger partial charge in [0.1, 0.15) is 11.4 Å². The molecule has 0 aliphatic heterocycles. The van der Waals surface area contributed by atoms with Crippen LogP contribution in [0.5, 0.6) is 0 Å². The first-order valence-electron chi connectivity index (χ1n) is 9.75. The molecule has 0 atom stereocenters. The molecular formula is C22H23FN4O3. The summed E-state index contributed by atoms with van der Waals surface area (Å²) in [6, 6.07) is 14.2. The maximum Gasteiger partial charge on any atom is 0.282 e. The van der Waals surface area contributed by atoms with Gasteiger partial charge < -0.3 is 4.90 Å². The highest BCUT2D eigenvalue weighted by Crippen LogP contribution is 2.21. The molecule has 0 fully saturated rings. The molecule has 156 valence electrons. The van der Waals surface area contributed by atoms with E-state index in [1.165, 1.54) is 29.2 Å². The van der Waals surface area contributed by atoms with Crippen LogP contribution in [0.2, 0.25) is 0 Å². The Balaban J connectivity index is 1.44. The van der Waals surface area contributed by atoms with Gasteiger partial charge in [0.15, 0.2) is 0 Å². The van der Waals surface area contributed by atoms with Crippen molar-refractivity contribution in [3.05, 3.63) is 81.8 Å². The first-order chi connectivity index (χ1) is 14.5. The number of halogens is 1. The van der Waals surface area contributed by atoms with Crippen molar-refractivity contribution in [3.63, 3.8) is 0 Å². The second kappa shape index (κ2) is 9.78. The minimum absolute atomic E-state index is 0.104. The number of carbonyl (C=O) groups is 1. The Hall–Kier alpha value is -3.55. The molecule has 1 amide bonds. The fourth-order valence-electron chi connectivity index (χ4n) is 3.25. The molecule has 7 nitrogen and oxygen atoms in total. The number of carbonyl (C=O) groups excluding carboxylic acids is 1. The fourth-order valence-corrected chi connectivity index (χ4v) is 3.25. The van der Waals surface area contributed by atoms with Crippen LogP contribution in [-0.2, 0) is 6.42 Å². The van der Waals surface area contributed by atoms with Gasteiger partial charge in [0.05, 0.1) is 10.6 Å². The van der Waals surface area contributed by atoms with Crippen LogP contribution in [0, 0.1) is 15.9 Å². The van der Waals surface area contributed by atoms with Crippen molar-refractivity contribution in [2.45, 2.75) is 25.7 Å². The van der Waals surface area contributed by atoms with Gasteiger partial charge in [-0.15, -0.1) is 0 Å². The molecule has 0 saturated heterocycles. The van der Waals surface area contributed by atoms with Crippen LogP contribution >= 0.6 is 0 Å². The summed E-state index contributed by atoms with van der Waals surface area (Å²) in [5.74, 6) is -0.646. The highest BCUT2D eigenvalue weighted by atomic mass is 19.1. The number of para-hydroxylation sites is 1. The number of nitrogens with one attached hydrogen (secondary N) is 1. The standard InChI is InChI=1S/C22H23FN4O3/c1-26(22(28)19-11-4-5-12-21(19)27(29)30)13-6-2-3-10-18-15-20(25-24-18)16-8-7-9-17(23)14-16/h4-5,7-9,11-12,14-15H,2-3,6,10,13H2,1H3,(H,24,25). The number of aromatic nitrogens is 2. The van der Waals surface area contributed by atoms with E-state index in [2.05, 4.69) is 10.2 Å². The molecule has 0 aliphatic rings. The van der Waals surface area contributed by atoms with Crippen molar-refractivity contribution < 1.29 is 14.1 Å². The van der Waals surface area contributed by atoms with Crippen molar-refractivity contribution >= 4 is 11.6 Å². The van der Waals surface area contributed by atoms with Crippen molar-refractivity contribution in [2.75, 3.05) is 13.6 Å². The molecular weight excluding hydrogens is 387 g/mol. The molecule has 1 heterocycles. The lowest BCUT2D eigenvalue weighted by Gasteiger charge is -2.17. The first kappa shape index (κ1) is 21.2. The second-order valence-electron chi connectivity index (χ2n) is 7.10. The van der Waals surface area contributed by atoms with Crippen LogP contribution < -0.4 is 0 Å². The number of aromatic amines is 1. The summed E-state index contributed by atoms with van der Waals surface area (Å²) in [4.78, 5) is 24.6. The first-order valence-corrected chi connectivity index (χ1v) is 9.75. The second-order valence-corrected chi connectivity index (χ2v) is 7.10. The summed E-state index contributed by atoms with van der Waals surface area (Å²) in [7, 11) is 1.65. The van der Waals surface area contributed by atoms with Crippen molar-refractivity contribution in [1.29, 1.82) is 0 Å². The normalized spacial score (nSPS) is 10.7. The SMILES string of the molecule is CN(CCCCCc1cc(-c2cccc(F)c2)n[nH]1)C(=O)c1ccccc1[N+](=O)[O-]. The monoisotopic (exact) mass is 410 g/mol. The average molecular weight is 410 g/mol. The van der Waals surface area contributed by atoms with Crippen molar-refractivity contribution in [2.24, 2.45) is 0 Å². The Labute approximate surface area is 173 Å². The number of nitro benzene ring substituents is 1. The Kier molecular flexibility index (Phi) is 6.90. The maximum atomic E-state index is 13.3. The number of hydrogen-bond acceptors (Lipinski definition) is 4. The van der Waals surface area contributed by atoms with Crippen LogP contribution in [0.25, 0.3) is 11.3 Å². The third-order valence-electron chi connectivity index (χ3n) is 4.87. The zero-order chi connectivity index (χ0) is 21.5. The van der Waals surface area contributed by atoms with E-state index in [9.17, 15) is 19.3 Å². The van der Waals surface area contributed by atoms with E-state index in [1.807, 2.05) is 12.1 Å². The predicted molar refractivity (Wildman–Crippen MR) is 112 cm³/mol. The molecule has 1 aromatic heterocycles. The summed E-state index contributed by atoms with van der Waals surface area (Å²) >= 11 is 0. The summed E-state index contributed by atoms with van der Waals surface area (Å²) in [5, 5.41) is 18.3. The molecule has 3 rings (SSSR count). The number of rotatable bonds is 9. The predicted octanol–water partition coefficient (Wildman–Crippen LogP) is 4.61. The van der Waals surface area contributed by atoms with Crippen LogP contribution in [0.15, 0.2) is 54.6 Å². The van der Waals surface area contributed by atoms with Gasteiger partial charge in [0.2, 0.25) is 0 Å². The van der Waals surface area contributed by atoms with Crippen LogP contribution in [0.4, 0.5) is 10.1 Å². The van der Waals surface area contributed by atoms with Crippen LogP contribution in [0.1, 0.15) is 35.3 Å². The minimum Gasteiger partial charge on any atom is -0.341 e. The van der Waals surface area contributed by atoms with Gasteiger partial charge in [-0.3, -0.25) is 20.0 Å².